The highest BCUT2D eigenvalue weighted by Gasteiger charge is 2.62. The summed E-state index contributed by atoms with van der Waals surface area (Å²) >= 11 is 0. The van der Waals surface area contributed by atoms with Gasteiger partial charge in [-0.15, -0.1) is 0 Å². The minimum Gasteiger partial charge on any atom is -0.378 e. The number of ether oxygens (including phenoxy) is 1. The molecule has 1 heterocycles. The van der Waals surface area contributed by atoms with Crippen LogP contribution in [0.15, 0.2) is 24.3 Å². The Bertz CT molecular complexity index is 798. The second kappa shape index (κ2) is 7.00. The summed E-state index contributed by atoms with van der Waals surface area (Å²) in [5, 5.41) is 3.02. The highest BCUT2D eigenvalue weighted by atomic mass is 16.5. The number of fused-ring (bicyclic) bond motifs is 1. The van der Waals surface area contributed by atoms with Gasteiger partial charge in [-0.1, -0.05) is 26.0 Å². The number of amides is 1. The zero-order valence-electron chi connectivity index (χ0n) is 16.2. The maximum absolute atomic E-state index is 12.6. The lowest BCUT2D eigenvalue weighted by Gasteiger charge is -2.57. The van der Waals surface area contributed by atoms with E-state index >= 15 is 0 Å². The van der Waals surface area contributed by atoms with E-state index in [2.05, 4.69) is 20.9 Å². The van der Waals surface area contributed by atoms with E-state index in [1.165, 1.54) is 0 Å². The van der Waals surface area contributed by atoms with E-state index in [9.17, 15) is 4.79 Å². The highest BCUT2D eigenvalue weighted by molar-refractivity contribution is 5.88. The molecule has 2 aromatic rings. The number of imidazole rings is 1. The Morgan fingerprint density at radius 2 is 2.15 bits per heavy atom. The fraction of sp³-hybridized carbons (Fsp3) is 0.600. The van der Waals surface area contributed by atoms with Crippen molar-refractivity contribution >= 4 is 16.9 Å². The molecule has 0 saturated heterocycles. The van der Waals surface area contributed by atoms with Gasteiger partial charge >= 0.3 is 0 Å². The molecule has 1 amide bonds. The van der Waals surface area contributed by atoms with Gasteiger partial charge in [0.1, 0.15) is 11.4 Å². The van der Waals surface area contributed by atoms with Gasteiger partial charge in [0.05, 0.1) is 17.1 Å². The molecule has 3 rings (SSSR count). The van der Waals surface area contributed by atoms with E-state index in [1.54, 1.807) is 0 Å². The number of aryl methyl sites for hydroxylation is 2. The standard InChI is InChI=1S/C20H30N4O2/c1-5-26-17-13-20(21,19(17,3)4)18(25)22-11-8-12-24-14(2)23-15-9-6-7-10-16(15)24/h6-7,9-10,17H,5,8,11-13,21H2,1-4H3,(H,22,25). The first-order valence-corrected chi connectivity index (χ1v) is 9.42. The van der Waals surface area contributed by atoms with E-state index in [4.69, 9.17) is 10.5 Å². The van der Waals surface area contributed by atoms with Crippen LogP contribution in [-0.4, -0.2) is 40.3 Å². The normalized spacial score (nSPS) is 24.4. The van der Waals surface area contributed by atoms with Crippen molar-refractivity contribution in [3.05, 3.63) is 30.1 Å². The molecule has 1 aromatic carbocycles. The van der Waals surface area contributed by atoms with Gasteiger partial charge in [-0.3, -0.25) is 4.79 Å². The van der Waals surface area contributed by atoms with Crippen LogP contribution in [-0.2, 0) is 16.1 Å². The number of carbonyl (C=O) groups excluding carboxylic acids is 1. The third-order valence-corrected chi connectivity index (χ3v) is 5.92. The summed E-state index contributed by atoms with van der Waals surface area (Å²) in [6.07, 6.45) is 1.45. The minimum atomic E-state index is -0.857. The molecule has 6 heteroatoms. The third kappa shape index (κ3) is 3.01. The first kappa shape index (κ1) is 18.9. The SMILES string of the molecule is CCOC1CC(N)(C(=O)NCCCn2c(C)nc3ccccc32)C1(C)C. The van der Waals surface area contributed by atoms with E-state index in [-0.39, 0.29) is 17.4 Å². The number of carbonyl (C=O) groups is 1. The summed E-state index contributed by atoms with van der Waals surface area (Å²) in [7, 11) is 0. The minimum absolute atomic E-state index is 0.0446. The topological polar surface area (TPSA) is 82.2 Å². The van der Waals surface area contributed by atoms with Crippen molar-refractivity contribution < 1.29 is 9.53 Å². The summed E-state index contributed by atoms with van der Waals surface area (Å²) in [6.45, 7) is 10.1. The van der Waals surface area contributed by atoms with Crippen molar-refractivity contribution in [2.75, 3.05) is 13.2 Å². The van der Waals surface area contributed by atoms with Gasteiger partial charge in [0, 0.05) is 31.5 Å². The van der Waals surface area contributed by atoms with Gasteiger partial charge in [-0.2, -0.15) is 0 Å². The molecule has 142 valence electrons. The number of hydrogen-bond acceptors (Lipinski definition) is 4. The van der Waals surface area contributed by atoms with Crippen molar-refractivity contribution in [1.82, 2.24) is 14.9 Å². The Morgan fingerprint density at radius 1 is 1.42 bits per heavy atom. The summed E-state index contributed by atoms with van der Waals surface area (Å²) in [5.41, 5.74) is 7.34. The molecule has 0 spiro atoms. The molecule has 0 radical (unpaired) electrons. The van der Waals surface area contributed by atoms with Crippen LogP contribution in [0.2, 0.25) is 0 Å². The maximum atomic E-state index is 12.6. The van der Waals surface area contributed by atoms with Gasteiger partial charge in [-0.25, -0.2) is 4.98 Å². The molecular formula is C20H30N4O2. The quantitative estimate of drug-likeness (QED) is 0.745. The zero-order chi connectivity index (χ0) is 18.9. The van der Waals surface area contributed by atoms with E-state index < -0.39 is 5.54 Å². The Kier molecular flexibility index (Phi) is 5.08. The lowest BCUT2D eigenvalue weighted by atomic mass is 9.54. The average molecular weight is 358 g/mol. The van der Waals surface area contributed by atoms with Crippen molar-refractivity contribution in [2.45, 2.75) is 58.7 Å². The van der Waals surface area contributed by atoms with E-state index in [0.29, 0.717) is 19.6 Å². The van der Waals surface area contributed by atoms with Crippen LogP contribution < -0.4 is 11.1 Å². The van der Waals surface area contributed by atoms with Gasteiger partial charge in [0.2, 0.25) is 5.91 Å². The number of nitrogens with zero attached hydrogens (tertiary/aromatic N) is 2. The first-order chi connectivity index (χ1) is 12.3. The molecule has 26 heavy (non-hydrogen) atoms. The smallest absolute Gasteiger partial charge is 0.240 e. The van der Waals surface area contributed by atoms with E-state index in [0.717, 1.165) is 29.8 Å². The molecule has 2 unspecified atom stereocenters. The number of rotatable bonds is 7. The Hall–Kier alpha value is -1.92. The molecule has 6 nitrogen and oxygen atoms in total. The number of nitrogens with one attached hydrogen (secondary N) is 1. The molecule has 0 aliphatic heterocycles. The second-order valence-corrected chi connectivity index (χ2v) is 7.75. The van der Waals surface area contributed by atoms with Crippen LogP contribution in [0.3, 0.4) is 0 Å². The van der Waals surface area contributed by atoms with Crippen molar-refractivity contribution in [2.24, 2.45) is 11.1 Å². The van der Waals surface area contributed by atoms with Crippen LogP contribution >= 0.6 is 0 Å². The van der Waals surface area contributed by atoms with Gasteiger partial charge < -0.3 is 20.4 Å². The largest absolute Gasteiger partial charge is 0.378 e. The maximum Gasteiger partial charge on any atom is 0.240 e. The summed E-state index contributed by atoms with van der Waals surface area (Å²) in [4.78, 5) is 17.2. The fourth-order valence-electron chi connectivity index (χ4n) is 3.90. The van der Waals surface area contributed by atoms with Crippen LogP contribution in [0.25, 0.3) is 11.0 Å². The summed E-state index contributed by atoms with van der Waals surface area (Å²) in [6, 6.07) is 8.11. The predicted octanol–water partition coefficient (Wildman–Crippen LogP) is 2.38. The molecule has 0 bridgehead atoms. The Balaban J connectivity index is 1.54. The van der Waals surface area contributed by atoms with Gasteiger partial charge in [-0.05, 0) is 32.4 Å². The molecule has 1 aliphatic rings. The number of benzene rings is 1. The van der Waals surface area contributed by atoms with Crippen LogP contribution in [0.1, 0.15) is 39.4 Å². The monoisotopic (exact) mass is 358 g/mol. The molecule has 3 N–H and O–H groups in total. The highest BCUT2D eigenvalue weighted by Crippen LogP contribution is 2.49. The first-order valence-electron chi connectivity index (χ1n) is 9.42. The van der Waals surface area contributed by atoms with E-state index in [1.807, 2.05) is 45.9 Å². The van der Waals surface area contributed by atoms with Crippen molar-refractivity contribution in [3.8, 4) is 0 Å². The van der Waals surface area contributed by atoms with Crippen molar-refractivity contribution in [3.63, 3.8) is 0 Å². The fourth-order valence-corrected chi connectivity index (χ4v) is 3.90. The molecular weight excluding hydrogens is 328 g/mol. The third-order valence-electron chi connectivity index (χ3n) is 5.92. The van der Waals surface area contributed by atoms with Crippen LogP contribution in [0, 0.1) is 12.3 Å². The van der Waals surface area contributed by atoms with Crippen LogP contribution in [0.5, 0.6) is 0 Å². The summed E-state index contributed by atoms with van der Waals surface area (Å²) in [5.74, 6) is 0.915. The number of nitrogens with two attached hydrogens (primary N) is 1. The lowest BCUT2D eigenvalue weighted by Crippen LogP contribution is -2.75. The Labute approximate surface area is 155 Å². The predicted molar refractivity (Wildman–Crippen MR) is 103 cm³/mol. The lowest BCUT2D eigenvalue weighted by molar-refractivity contribution is -0.170. The number of para-hydroxylation sites is 2. The van der Waals surface area contributed by atoms with Gasteiger partial charge in [0.15, 0.2) is 0 Å². The molecule has 1 saturated carbocycles. The van der Waals surface area contributed by atoms with Crippen LogP contribution in [0.4, 0.5) is 0 Å². The molecule has 2 atom stereocenters. The molecule has 1 aromatic heterocycles. The van der Waals surface area contributed by atoms with Gasteiger partial charge in [0.25, 0.3) is 0 Å². The Morgan fingerprint density at radius 3 is 2.85 bits per heavy atom. The second-order valence-electron chi connectivity index (χ2n) is 7.75. The zero-order valence-corrected chi connectivity index (χ0v) is 16.2. The number of hydrogen-bond donors (Lipinski definition) is 2. The number of aromatic nitrogens is 2. The summed E-state index contributed by atoms with van der Waals surface area (Å²) < 4.78 is 7.89. The van der Waals surface area contributed by atoms with Crippen molar-refractivity contribution in [1.29, 1.82) is 0 Å². The average Bonchev–Trinajstić information content (AvgIpc) is 2.93. The molecule has 1 fully saturated rings. The molecule has 1 aliphatic carbocycles.